The summed E-state index contributed by atoms with van der Waals surface area (Å²) in [5, 5.41) is 0. The zero-order valence-corrected chi connectivity index (χ0v) is 16.4. The third-order valence-electron chi connectivity index (χ3n) is 5.14. The number of methoxy groups -OCH3 is 2. The Morgan fingerprint density at radius 2 is 1.86 bits per heavy atom. The minimum Gasteiger partial charge on any atom is -0.493 e. The van der Waals surface area contributed by atoms with Gasteiger partial charge < -0.3 is 23.8 Å². The molecule has 4 rings (SSSR count). The van der Waals surface area contributed by atoms with Gasteiger partial charge in [-0.05, 0) is 47.9 Å². The van der Waals surface area contributed by atoms with E-state index in [0.29, 0.717) is 41.5 Å². The third kappa shape index (κ3) is 3.91. The fourth-order valence-corrected chi connectivity index (χ4v) is 3.67. The van der Waals surface area contributed by atoms with E-state index in [1.54, 1.807) is 25.2 Å². The van der Waals surface area contributed by atoms with Crippen molar-refractivity contribution in [3.05, 3.63) is 58.4 Å². The lowest BCUT2D eigenvalue weighted by atomic mass is 9.98. The number of halogens is 1. The first kappa shape index (κ1) is 19.3. The van der Waals surface area contributed by atoms with Gasteiger partial charge in [-0.15, -0.1) is 0 Å². The minimum absolute atomic E-state index is 0.113. The Labute approximate surface area is 168 Å². The van der Waals surface area contributed by atoms with E-state index in [2.05, 4.69) is 0 Å². The predicted molar refractivity (Wildman–Crippen MR) is 104 cm³/mol. The Balaban J connectivity index is 1.53. The molecule has 0 fully saturated rings. The summed E-state index contributed by atoms with van der Waals surface area (Å²) in [6.45, 7) is 1.47. The van der Waals surface area contributed by atoms with Crippen LogP contribution in [0.3, 0.4) is 0 Å². The summed E-state index contributed by atoms with van der Waals surface area (Å²) in [6.07, 6.45) is 3.78. The van der Waals surface area contributed by atoms with Gasteiger partial charge in [-0.1, -0.05) is 0 Å². The van der Waals surface area contributed by atoms with Gasteiger partial charge in [0.15, 0.2) is 18.3 Å². The summed E-state index contributed by atoms with van der Waals surface area (Å²) < 4.78 is 35.3. The van der Waals surface area contributed by atoms with Gasteiger partial charge in [0.1, 0.15) is 11.6 Å². The zero-order chi connectivity index (χ0) is 20.4. The fraction of sp³-hybridized carbons (Fsp3) is 0.318. The number of benzene rings is 2. The number of rotatable bonds is 4. The van der Waals surface area contributed by atoms with E-state index < -0.39 is 5.82 Å². The summed E-state index contributed by atoms with van der Waals surface area (Å²) >= 11 is 0. The van der Waals surface area contributed by atoms with Crippen molar-refractivity contribution in [2.75, 3.05) is 27.6 Å². The maximum atomic E-state index is 13.9. The van der Waals surface area contributed by atoms with Crippen LogP contribution < -0.4 is 14.2 Å². The van der Waals surface area contributed by atoms with Gasteiger partial charge >= 0.3 is 0 Å². The molecule has 152 valence electrons. The summed E-state index contributed by atoms with van der Waals surface area (Å²) in [5.41, 5.74) is 3.33. The number of carbonyl (C=O) groups is 1. The van der Waals surface area contributed by atoms with Crippen molar-refractivity contribution in [3.63, 3.8) is 0 Å². The lowest BCUT2D eigenvalue weighted by molar-refractivity contribution is -0.126. The van der Waals surface area contributed by atoms with E-state index in [4.69, 9.17) is 18.9 Å². The standard InChI is InChI=1S/C22H22FNO5/c1-26-19-9-14-5-6-24(11-16(14)10-20(19)27-2)21(25)4-3-15-7-18(23)8-17-12-28-13-29-22(15)17/h3-4,7-10H,5-6,11-13H2,1-2H3. The number of hydrogen-bond donors (Lipinski definition) is 0. The quantitative estimate of drug-likeness (QED) is 0.739. The molecule has 0 saturated heterocycles. The van der Waals surface area contributed by atoms with Crippen LogP contribution in [0, 0.1) is 5.82 Å². The third-order valence-corrected chi connectivity index (χ3v) is 5.14. The lowest BCUT2D eigenvalue weighted by Gasteiger charge is -2.29. The van der Waals surface area contributed by atoms with Crippen molar-refractivity contribution < 1.29 is 28.1 Å². The average molecular weight is 399 g/mol. The van der Waals surface area contributed by atoms with E-state index in [1.807, 2.05) is 12.1 Å². The number of fused-ring (bicyclic) bond motifs is 2. The highest BCUT2D eigenvalue weighted by Gasteiger charge is 2.22. The molecule has 0 N–H and O–H groups in total. The van der Waals surface area contributed by atoms with Gasteiger partial charge in [-0.2, -0.15) is 0 Å². The highest BCUT2D eigenvalue weighted by atomic mass is 19.1. The molecule has 29 heavy (non-hydrogen) atoms. The molecule has 0 bridgehead atoms. The zero-order valence-electron chi connectivity index (χ0n) is 16.4. The molecular weight excluding hydrogens is 377 g/mol. The van der Waals surface area contributed by atoms with Crippen LogP contribution in [0.1, 0.15) is 22.3 Å². The Kier molecular flexibility index (Phi) is 5.40. The molecule has 2 aromatic rings. The van der Waals surface area contributed by atoms with Crippen LogP contribution in [0.25, 0.3) is 6.08 Å². The SMILES string of the molecule is COc1cc2c(cc1OC)CN(C(=O)C=Cc1cc(F)cc3c1OCOC3)CC2. The molecule has 1 amide bonds. The molecule has 6 nitrogen and oxygen atoms in total. The van der Waals surface area contributed by atoms with Gasteiger partial charge in [0.05, 0.1) is 20.8 Å². The Hall–Kier alpha value is -3.06. The molecule has 2 aromatic carbocycles. The van der Waals surface area contributed by atoms with Gasteiger partial charge in [0, 0.05) is 30.3 Å². The normalized spacial score (nSPS) is 15.5. The molecule has 0 spiro atoms. The first-order valence-corrected chi connectivity index (χ1v) is 9.32. The number of carbonyl (C=O) groups excluding carboxylic acids is 1. The number of nitrogens with zero attached hydrogens (tertiary/aromatic N) is 1. The Morgan fingerprint density at radius 1 is 1.10 bits per heavy atom. The van der Waals surface area contributed by atoms with Crippen molar-refractivity contribution in [3.8, 4) is 17.2 Å². The van der Waals surface area contributed by atoms with Crippen molar-refractivity contribution >= 4 is 12.0 Å². The molecule has 2 aliphatic rings. The largest absolute Gasteiger partial charge is 0.493 e. The maximum Gasteiger partial charge on any atom is 0.246 e. The van der Waals surface area contributed by atoms with E-state index in [0.717, 1.165) is 17.5 Å². The maximum absolute atomic E-state index is 13.9. The van der Waals surface area contributed by atoms with Gasteiger partial charge in [0.2, 0.25) is 5.91 Å². The van der Waals surface area contributed by atoms with Crippen molar-refractivity contribution in [1.29, 1.82) is 0 Å². The molecule has 0 atom stereocenters. The fourth-order valence-electron chi connectivity index (χ4n) is 3.67. The predicted octanol–water partition coefficient (Wildman–Crippen LogP) is 3.31. The smallest absolute Gasteiger partial charge is 0.246 e. The molecule has 0 radical (unpaired) electrons. The van der Waals surface area contributed by atoms with E-state index in [1.165, 1.54) is 18.2 Å². The van der Waals surface area contributed by atoms with Crippen LogP contribution in [-0.4, -0.2) is 38.4 Å². The molecule has 0 aliphatic carbocycles. The monoisotopic (exact) mass is 399 g/mol. The van der Waals surface area contributed by atoms with Crippen LogP contribution >= 0.6 is 0 Å². The van der Waals surface area contributed by atoms with Crippen LogP contribution in [0.2, 0.25) is 0 Å². The second kappa shape index (κ2) is 8.13. The molecule has 0 unspecified atom stereocenters. The summed E-state index contributed by atoms with van der Waals surface area (Å²) in [5.74, 6) is 1.35. The molecule has 7 heteroatoms. The van der Waals surface area contributed by atoms with Crippen molar-refractivity contribution in [2.24, 2.45) is 0 Å². The number of amides is 1. The molecule has 0 saturated carbocycles. The number of hydrogen-bond acceptors (Lipinski definition) is 5. The highest BCUT2D eigenvalue weighted by Crippen LogP contribution is 2.34. The molecule has 2 heterocycles. The Bertz CT molecular complexity index is 972. The van der Waals surface area contributed by atoms with Gasteiger partial charge in [-0.25, -0.2) is 4.39 Å². The molecule has 2 aliphatic heterocycles. The average Bonchev–Trinajstić information content (AvgIpc) is 2.75. The topological polar surface area (TPSA) is 57.2 Å². The summed E-state index contributed by atoms with van der Waals surface area (Å²) in [4.78, 5) is 14.5. The van der Waals surface area contributed by atoms with Crippen LogP contribution in [0.15, 0.2) is 30.3 Å². The van der Waals surface area contributed by atoms with Gasteiger partial charge in [0.25, 0.3) is 0 Å². The van der Waals surface area contributed by atoms with Gasteiger partial charge in [-0.3, -0.25) is 4.79 Å². The van der Waals surface area contributed by atoms with E-state index in [-0.39, 0.29) is 19.3 Å². The second-order valence-electron chi connectivity index (χ2n) is 6.91. The van der Waals surface area contributed by atoms with Crippen molar-refractivity contribution in [2.45, 2.75) is 19.6 Å². The molecular formula is C22H22FNO5. The van der Waals surface area contributed by atoms with E-state index in [9.17, 15) is 9.18 Å². The molecule has 0 aromatic heterocycles. The first-order valence-electron chi connectivity index (χ1n) is 9.32. The second-order valence-corrected chi connectivity index (χ2v) is 6.91. The van der Waals surface area contributed by atoms with Crippen LogP contribution in [0.4, 0.5) is 4.39 Å². The van der Waals surface area contributed by atoms with Crippen LogP contribution in [0.5, 0.6) is 17.2 Å². The summed E-state index contributed by atoms with van der Waals surface area (Å²) in [6, 6.07) is 6.62. The first-order chi connectivity index (χ1) is 14.1. The summed E-state index contributed by atoms with van der Waals surface area (Å²) in [7, 11) is 3.19. The number of ether oxygens (including phenoxy) is 4. The van der Waals surface area contributed by atoms with E-state index >= 15 is 0 Å². The minimum atomic E-state index is -0.391. The highest BCUT2D eigenvalue weighted by molar-refractivity contribution is 5.92. The Morgan fingerprint density at radius 3 is 2.62 bits per heavy atom. The van der Waals surface area contributed by atoms with Crippen LogP contribution in [-0.2, 0) is 29.1 Å². The lowest BCUT2D eigenvalue weighted by Crippen LogP contribution is -2.34. The van der Waals surface area contributed by atoms with Crippen molar-refractivity contribution in [1.82, 2.24) is 4.90 Å².